The molecule has 0 aliphatic heterocycles. The van der Waals surface area contributed by atoms with Gasteiger partial charge in [-0.1, -0.05) is 164 Å². The number of unbranched alkanes of at least 4 members (excludes halogenated alkanes) is 15. The molecular formula is C44H76NO10P. The first-order chi connectivity index (χ1) is 27.1. The quantitative estimate of drug-likeness (QED) is 0.0203. The van der Waals surface area contributed by atoms with Crippen LogP contribution in [0.15, 0.2) is 60.8 Å². The van der Waals surface area contributed by atoms with Crippen molar-refractivity contribution in [1.82, 2.24) is 5.32 Å². The zero-order valence-electron chi connectivity index (χ0n) is 34.7. The van der Waals surface area contributed by atoms with Gasteiger partial charge in [0.25, 0.3) is 0 Å². The summed E-state index contributed by atoms with van der Waals surface area (Å²) in [6.07, 6.45) is 44.0. The number of hydrogen-bond acceptors (Lipinski definition) is 8. The molecule has 0 saturated carbocycles. The Kier molecular flexibility index (Phi) is 37.1. The van der Waals surface area contributed by atoms with Crippen LogP contribution in [-0.2, 0) is 32.7 Å². The summed E-state index contributed by atoms with van der Waals surface area (Å²) in [6, 6.07) is -1.58. The molecule has 0 heterocycles. The molecular weight excluding hydrogens is 733 g/mol. The molecule has 0 fully saturated rings. The second-order valence-electron chi connectivity index (χ2n) is 14.2. The third-order valence-corrected chi connectivity index (χ3v) is 9.77. The highest BCUT2D eigenvalue weighted by Gasteiger charge is 2.28. The number of aliphatic carboxylic acids is 1. The van der Waals surface area contributed by atoms with Gasteiger partial charge in [0.2, 0.25) is 5.91 Å². The largest absolute Gasteiger partial charge is 0.480 e. The van der Waals surface area contributed by atoms with Crippen LogP contribution in [0, 0.1) is 0 Å². The van der Waals surface area contributed by atoms with E-state index in [2.05, 4.69) is 67.8 Å². The van der Waals surface area contributed by atoms with Crippen LogP contribution in [0.1, 0.15) is 168 Å². The molecule has 322 valence electrons. The number of esters is 1. The number of aliphatic hydroxyl groups is 1. The second kappa shape index (κ2) is 39.0. The van der Waals surface area contributed by atoms with Crippen molar-refractivity contribution in [3.05, 3.63) is 60.8 Å². The molecule has 0 bridgehead atoms. The molecule has 56 heavy (non-hydrogen) atoms. The summed E-state index contributed by atoms with van der Waals surface area (Å²) in [4.78, 5) is 45.8. The lowest BCUT2D eigenvalue weighted by atomic mass is 10.0. The van der Waals surface area contributed by atoms with Gasteiger partial charge in [-0.2, -0.15) is 0 Å². The molecule has 0 aliphatic carbocycles. The Morgan fingerprint density at radius 2 is 1.04 bits per heavy atom. The Morgan fingerprint density at radius 3 is 1.52 bits per heavy atom. The fourth-order valence-electron chi connectivity index (χ4n) is 5.53. The maximum absolute atomic E-state index is 12.3. The van der Waals surface area contributed by atoms with Crippen molar-refractivity contribution in [3.8, 4) is 0 Å². The van der Waals surface area contributed by atoms with E-state index in [9.17, 15) is 34.1 Å². The Bertz CT molecular complexity index is 1180. The molecule has 0 aliphatic rings. The van der Waals surface area contributed by atoms with Crippen LogP contribution in [0.4, 0.5) is 0 Å². The van der Waals surface area contributed by atoms with Crippen LogP contribution in [0.5, 0.6) is 0 Å². The summed E-state index contributed by atoms with van der Waals surface area (Å²) in [5, 5.41) is 21.8. The van der Waals surface area contributed by atoms with Gasteiger partial charge in [0, 0.05) is 12.8 Å². The highest BCUT2D eigenvalue weighted by atomic mass is 31.2. The van der Waals surface area contributed by atoms with Gasteiger partial charge in [-0.15, -0.1) is 0 Å². The average molecular weight is 810 g/mol. The molecule has 0 radical (unpaired) electrons. The maximum atomic E-state index is 12.3. The molecule has 1 amide bonds. The summed E-state index contributed by atoms with van der Waals surface area (Å²) in [5.41, 5.74) is 0. The number of amides is 1. The van der Waals surface area contributed by atoms with Crippen LogP contribution in [-0.4, -0.2) is 64.9 Å². The van der Waals surface area contributed by atoms with Crippen LogP contribution < -0.4 is 5.32 Å². The first-order valence-corrected chi connectivity index (χ1v) is 22.8. The lowest BCUT2D eigenvalue weighted by molar-refractivity contribution is -0.147. The number of carboxylic acid groups (broad SMARTS) is 1. The number of nitrogens with one attached hydrogen (secondary N) is 1. The third kappa shape index (κ3) is 38.1. The molecule has 4 N–H and O–H groups in total. The minimum absolute atomic E-state index is 0.0652. The predicted molar refractivity (Wildman–Crippen MR) is 226 cm³/mol. The summed E-state index contributed by atoms with van der Waals surface area (Å²) in [7, 11) is -4.77. The molecule has 0 spiro atoms. The molecule has 3 atom stereocenters. The second-order valence-corrected chi connectivity index (χ2v) is 15.6. The zero-order valence-corrected chi connectivity index (χ0v) is 35.6. The van der Waals surface area contributed by atoms with E-state index in [4.69, 9.17) is 13.8 Å². The lowest BCUT2D eigenvalue weighted by Gasteiger charge is -2.18. The third-order valence-electron chi connectivity index (χ3n) is 8.82. The predicted octanol–water partition coefficient (Wildman–Crippen LogP) is 10.8. The molecule has 0 rings (SSSR count). The Balaban J connectivity index is 4.00. The van der Waals surface area contributed by atoms with Crippen LogP contribution in [0.3, 0.4) is 0 Å². The van der Waals surface area contributed by atoms with Crippen molar-refractivity contribution in [2.24, 2.45) is 0 Å². The lowest BCUT2D eigenvalue weighted by Crippen LogP contribution is -2.43. The van der Waals surface area contributed by atoms with Crippen LogP contribution >= 0.6 is 7.82 Å². The number of phosphoric acid groups is 1. The smallest absolute Gasteiger partial charge is 0.472 e. The number of aliphatic hydroxyl groups excluding tert-OH is 1. The highest BCUT2D eigenvalue weighted by molar-refractivity contribution is 7.47. The average Bonchev–Trinajstić information content (AvgIpc) is 3.17. The standard InChI is InChI=1S/C44H76NO10P/c1-3-5-7-9-11-13-15-17-19-20-22-23-25-27-29-31-33-35-42(47)45-41(44(49)50)39-55-56(51,52)54-38-40(46)37-53-43(48)36-34-32-30-28-26-24-21-18-16-14-12-10-8-6-4-2/h5,7,11,13,17,19,22-23,27,29,40-41,46H,3-4,6,8-10,12,14-16,18,20-21,24-26,28,30-39H2,1-2H3,(H,45,47)(H,49,50)(H,51,52)/b7-5-,13-11-,19-17-,23-22-,29-27-. The number of ether oxygens (including phenoxy) is 1. The number of carboxylic acids is 1. The minimum Gasteiger partial charge on any atom is -0.480 e. The van der Waals surface area contributed by atoms with Crippen LogP contribution in [0.25, 0.3) is 0 Å². The summed E-state index contributed by atoms with van der Waals surface area (Å²) in [5.74, 6) is -2.46. The fraction of sp³-hybridized carbons (Fsp3) is 0.705. The van der Waals surface area contributed by atoms with Crippen molar-refractivity contribution >= 4 is 25.7 Å². The van der Waals surface area contributed by atoms with Gasteiger partial charge >= 0.3 is 19.8 Å². The first-order valence-electron chi connectivity index (χ1n) is 21.3. The van der Waals surface area contributed by atoms with Gasteiger partial charge < -0.3 is 25.2 Å². The summed E-state index contributed by atoms with van der Waals surface area (Å²) < 4.78 is 26.8. The highest BCUT2D eigenvalue weighted by Crippen LogP contribution is 2.43. The van der Waals surface area contributed by atoms with Gasteiger partial charge in [0.1, 0.15) is 12.7 Å². The number of carbonyl (C=O) groups excluding carboxylic acids is 2. The monoisotopic (exact) mass is 810 g/mol. The number of rotatable bonds is 39. The molecule has 0 aromatic rings. The first kappa shape index (κ1) is 53.2. The van der Waals surface area contributed by atoms with Crippen molar-refractivity contribution in [2.45, 2.75) is 180 Å². The maximum Gasteiger partial charge on any atom is 0.472 e. The number of phosphoric ester groups is 1. The van der Waals surface area contributed by atoms with Crippen molar-refractivity contribution in [1.29, 1.82) is 0 Å². The van der Waals surface area contributed by atoms with E-state index in [1.807, 2.05) is 12.2 Å². The zero-order chi connectivity index (χ0) is 41.4. The topological polar surface area (TPSA) is 169 Å². The molecule has 11 nitrogen and oxygen atoms in total. The molecule has 0 aromatic carbocycles. The van der Waals surface area contributed by atoms with E-state index in [0.717, 1.165) is 51.4 Å². The van der Waals surface area contributed by atoms with Gasteiger partial charge in [-0.05, 0) is 51.4 Å². The van der Waals surface area contributed by atoms with E-state index in [1.54, 1.807) is 0 Å². The van der Waals surface area contributed by atoms with Gasteiger partial charge in [0.15, 0.2) is 6.04 Å². The summed E-state index contributed by atoms with van der Waals surface area (Å²) >= 11 is 0. The van der Waals surface area contributed by atoms with Gasteiger partial charge in [-0.3, -0.25) is 18.6 Å². The Hall–Kier alpha value is -2.82. The van der Waals surface area contributed by atoms with E-state index in [1.165, 1.54) is 70.6 Å². The SMILES string of the molecule is CC/C=C\C/C=C\C/C=C\C/C=C\C/C=C\CCCC(=O)NC(COP(=O)(O)OCC(O)COC(=O)CCCCCCCCCCCCCCCCC)C(=O)O. The van der Waals surface area contributed by atoms with E-state index in [0.29, 0.717) is 19.3 Å². The summed E-state index contributed by atoms with van der Waals surface area (Å²) in [6.45, 7) is 2.43. The Morgan fingerprint density at radius 1 is 0.589 bits per heavy atom. The van der Waals surface area contributed by atoms with Crippen molar-refractivity contribution in [2.75, 3.05) is 19.8 Å². The number of allylic oxidation sites excluding steroid dienone is 10. The Labute approximate surface area is 338 Å². The van der Waals surface area contributed by atoms with E-state index in [-0.39, 0.29) is 12.8 Å². The molecule has 12 heteroatoms. The van der Waals surface area contributed by atoms with E-state index >= 15 is 0 Å². The van der Waals surface area contributed by atoms with Crippen LogP contribution in [0.2, 0.25) is 0 Å². The number of hydrogen-bond donors (Lipinski definition) is 4. The van der Waals surface area contributed by atoms with Crippen molar-refractivity contribution < 1.29 is 47.8 Å². The molecule has 0 aromatic heterocycles. The van der Waals surface area contributed by atoms with E-state index < -0.39 is 57.6 Å². The molecule has 0 saturated heterocycles. The van der Waals surface area contributed by atoms with Gasteiger partial charge in [-0.25, -0.2) is 9.36 Å². The number of carbonyl (C=O) groups is 3. The van der Waals surface area contributed by atoms with Crippen molar-refractivity contribution in [3.63, 3.8) is 0 Å². The fourth-order valence-corrected chi connectivity index (χ4v) is 6.30. The molecule has 3 unspecified atom stereocenters. The minimum atomic E-state index is -4.77. The normalized spacial score (nSPS) is 14.4. The van der Waals surface area contributed by atoms with Gasteiger partial charge in [0.05, 0.1) is 13.2 Å².